The van der Waals surface area contributed by atoms with E-state index in [1.807, 2.05) is 29.2 Å². The SMILES string of the molecule is O=C(NCC1CCN(C(=O)c2cc3ccccc3o2)CC1)c1cnccn1. The first-order chi connectivity index (χ1) is 13.2. The summed E-state index contributed by atoms with van der Waals surface area (Å²) in [5.41, 5.74) is 1.04. The number of nitrogens with zero attached hydrogens (tertiary/aromatic N) is 3. The van der Waals surface area contributed by atoms with Crippen molar-refractivity contribution in [3.8, 4) is 0 Å². The van der Waals surface area contributed by atoms with Crippen LogP contribution in [0.3, 0.4) is 0 Å². The third kappa shape index (κ3) is 3.81. The Hall–Kier alpha value is -3.22. The Labute approximate surface area is 156 Å². The van der Waals surface area contributed by atoms with Crippen LogP contribution in [0.25, 0.3) is 11.0 Å². The number of furan rings is 1. The summed E-state index contributed by atoms with van der Waals surface area (Å²) in [4.78, 5) is 34.4. The van der Waals surface area contributed by atoms with Crippen LogP contribution >= 0.6 is 0 Å². The summed E-state index contributed by atoms with van der Waals surface area (Å²) in [6, 6.07) is 9.40. The van der Waals surface area contributed by atoms with Gasteiger partial charge in [-0.25, -0.2) is 4.98 Å². The van der Waals surface area contributed by atoms with E-state index in [2.05, 4.69) is 15.3 Å². The van der Waals surface area contributed by atoms with Crippen LogP contribution in [0.5, 0.6) is 0 Å². The highest BCUT2D eigenvalue weighted by Gasteiger charge is 2.26. The Bertz CT molecular complexity index is 913. The van der Waals surface area contributed by atoms with E-state index in [1.165, 1.54) is 18.6 Å². The fourth-order valence-electron chi connectivity index (χ4n) is 3.33. The fourth-order valence-corrected chi connectivity index (χ4v) is 3.33. The number of carbonyl (C=O) groups is 2. The molecule has 0 aliphatic carbocycles. The molecular formula is C20H20N4O3. The molecule has 2 amide bonds. The second kappa shape index (κ2) is 7.57. The Kier molecular flexibility index (Phi) is 4.82. The Morgan fingerprint density at radius 3 is 2.74 bits per heavy atom. The van der Waals surface area contributed by atoms with Crippen LogP contribution in [0.1, 0.15) is 33.9 Å². The molecule has 1 aliphatic heterocycles. The lowest BCUT2D eigenvalue weighted by atomic mass is 9.96. The molecule has 0 bridgehead atoms. The lowest BCUT2D eigenvalue weighted by molar-refractivity contribution is 0.0655. The summed E-state index contributed by atoms with van der Waals surface area (Å²) in [5.74, 6) is 0.424. The average Bonchev–Trinajstić information content (AvgIpc) is 3.17. The van der Waals surface area contributed by atoms with Gasteiger partial charge in [-0.3, -0.25) is 14.6 Å². The van der Waals surface area contributed by atoms with Gasteiger partial charge in [0.25, 0.3) is 11.8 Å². The predicted molar refractivity (Wildman–Crippen MR) is 99.2 cm³/mol. The Morgan fingerprint density at radius 1 is 1.19 bits per heavy atom. The van der Waals surface area contributed by atoms with Crippen LogP contribution in [-0.2, 0) is 0 Å². The second-order valence-corrected chi connectivity index (χ2v) is 6.68. The van der Waals surface area contributed by atoms with E-state index in [9.17, 15) is 9.59 Å². The van der Waals surface area contributed by atoms with Crippen LogP contribution < -0.4 is 5.32 Å². The zero-order valence-electron chi connectivity index (χ0n) is 14.8. The molecular weight excluding hydrogens is 344 g/mol. The molecule has 27 heavy (non-hydrogen) atoms. The van der Waals surface area contributed by atoms with Crippen LogP contribution in [-0.4, -0.2) is 46.3 Å². The van der Waals surface area contributed by atoms with Gasteiger partial charge in [-0.2, -0.15) is 0 Å². The zero-order valence-corrected chi connectivity index (χ0v) is 14.8. The molecule has 7 heteroatoms. The van der Waals surface area contributed by atoms with Gasteiger partial charge in [0.2, 0.25) is 0 Å². The molecule has 1 N–H and O–H groups in total. The molecule has 2 aromatic heterocycles. The number of aromatic nitrogens is 2. The van der Waals surface area contributed by atoms with E-state index in [0.717, 1.165) is 23.8 Å². The first-order valence-electron chi connectivity index (χ1n) is 9.03. The van der Waals surface area contributed by atoms with Crippen molar-refractivity contribution < 1.29 is 14.0 Å². The van der Waals surface area contributed by atoms with Gasteiger partial charge in [-0.1, -0.05) is 18.2 Å². The second-order valence-electron chi connectivity index (χ2n) is 6.68. The first-order valence-corrected chi connectivity index (χ1v) is 9.03. The predicted octanol–water partition coefficient (Wildman–Crippen LogP) is 2.51. The quantitative estimate of drug-likeness (QED) is 0.768. The van der Waals surface area contributed by atoms with Gasteiger partial charge < -0.3 is 14.6 Å². The number of rotatable bonds is 4. The van der Waals surface area contributed by atoms with Crippen molar-refractivity contribution in [3.63, 3.8) is 0 Å². The van der Waals surface area contributed by atoms with E-state index in [-0.39, 0.29) is 11.8 Å². The number of para-hydroxylation sites is 1. The highest BCUT2D eigenvalue weighted by Crippen LogP contribution is 2.23. The summed E-state index contributed by atoms with van der Waals surface area (Å²) in [5, 5.41) is 3.83. The van der Waals surface area contributed by atoms with Gasteiger partial charge in [-0.15, -0.1) is 0 Å². The zero-order chi connectivity index (χ0) is 18.6. The first kappa shape index (κ1) is 17.2. The standard InChI is InChI=1S/C20H20N4O3/c25-19(16-13-21-7-8-22-16)23-12-14-5-9-24(10-6-14)20(26)18-11-15-3-1-2-4-17(15)27-18/h1-4,7-8,11,13-14H,5-6,9-10,12H2,(H,23,25). The minimum absolute atomic E-state index is 0.0757. The molecule has 1 fully saturated rings. The minimum Gasteiger partial charge on any atom is -0.451 e. The topological polar surface area (TPSA) is 88.3 Å². The summed E-state index contributed by atoms with van der Waals surface area (Å²) < 4.78 is 5.68. The molecule has 0 radical (unpaired) electrons. The molecule has 1 aliphatic rings. The number of hydrogen-bond acceptors (Lipinski definition) is 5. The van der Waals surface area contributed by atoms with E-state index < -0.39 is 0 Å². The minimum atomic E-state index is -0.219. The van der Waals surface area contributed by atoms with Gasteiger partial charge in [0.15, 0.2) is 5.76 Å². The smallest absolute Gasteiger partial charge is 0.289 e. The number of amides is 2. The van der Waals surface area contributed by atoms with Crippen molar-refractivity contribution in [1.29, 1.82) is 0 Å². The monoisotopic (exact) mass is 364 g/mol. The number of fused-ring (bicyclic) bond motifs is 1. The summed E-state index contributed by atoms with van der Waals surface area (Å²) in [6.45, 7) is 1.88. The van der Waals surface area contributed by atoms with E-state index in [4.69, 9.17) is 4.42 Å². The Morgan fingerprint density at radius 2 is 2.00 bits per heavy atom. The van der Waals surface area contributed by atoms with Crippen LogP contribution in [0.2, 0.25) is 0 Å². The molecule has 3 heterocycles. The lowest BCUT2D eigenvalue weighted by Crippen LogP contribution is -2.41. The van der Waals surface area contributed by atoms with Crippen molar-refractivity contribution in [1.82, 2.24) is 20.2 Å². The van der Waals surface area contributed by atoms with E-state index in [0.29, 0.717) is 37.0 Å². The summed E-state index contributed by atoms with van der Waals surface area (Å²) >= 11 is 0. The lowest BCUT2D eigenvalue weighted by Gasteiger charge is -2.31. The molecule has 1 saturated heterocycles. The number of hydrogen-bond donors (Lipinski definition) is 1. The highest BCUT2D eigenvalue weighted by atomic mass is 16.3. The molecule has 3 aromatic rings. The third-order valence-electron chi connectivity index (χ3n) is 4.89. The number of nitrogens with one attached hydrogen (secondary N) is 1. The molecule has 138 valence electrons. The van der Waals surface area contributed by atoms with Crippen LogP contribution in [0.15, 0.2) is 53.3 Å². The highest BCUT2D eigenvalue weighted by molar-refractivity contribution is 5.96. The van der Waals surface area contributed by atoms with Crippen LogP contribution in [0.4, 0.5) is 0 Å². The van der Waals surface area contributed by atoms with Gasteiger partial charge in [0.05, 0.1) is 6.20 Å². The van der Waals surface area contributed by atoms with Crippen molar-refractivity contribution in [2.24, 2.45) is 5.92 Å². The van der Waals surface area contributed by atoms with E-state index >= 15 is 0 Å². The van der Waals surface area contributed by atoms with E-state index in [1.54, 1.807) is 6.07 Å². The molecule has 0 unspecified atom stereocenters. The van der Waals surface area contributed by atoms with Crippen molar-refractivity contribution >= 4 is 22.8 Å². The maximum Gasteiger partial charge on any atom is 0.289 e. The third-order valence-corrected chi connectivity index (χ3v) is 4.89. The van der Waals surface area contributed by atoms with Crippen molar-refractivity contribution in [2.75, 3.05) is 19.6 Å². The summed E-state index contributed by atoms with van der Waals surface area (Å²) in [6.07, 6.45) is 6.16. The number of carbonyl (C=O) groups excluding carboxylic acids is 2. The molecule has 0 saturated carbocycles. The van der Waals surface area contributed by atoms with Crippen LogP contribution in [0, 0.1) is 5.92 Å². The number of piperidine rings is 1. The fraction of sp³-hybridized carbons (Fsp3) is 0.300. The maximum atomic E-state index is 12.7. The van der Waals surface area contributed by atoms with Crippen molar-refractivity contribution in [3.05, 3.63) is 60.4 Å². The molecule has 7 nitrogen and oxygen atoms in total. The van der Waals surface area contributed by atoms with Gasteiger partial charge in [0.1, 0.15) is 11.3 Å². The van der Waals surface area contributed by atoms with Gasteiger partial charge in [0, 0.05) is 37.4 Å². The van der Waals surface area contributed by atoms with Crippen molar-refractivity contribution in [2.45, 2.75) is 12.8 Å². The Balaban J connectivity index is 1.29. The maximum absolute atomic E-state index is 12.7. The number of likely N-dealkylation sites (tertiary alicyclic amines) is 1. The molecule has 0 spiro atoms. The summed E-state index contributed by atoms with van der Waals surface area (Å²) in [7, 11) is 0. The molecule has 0 atom stereocenters. The van der Waals surface area contributed by atoms with Gasteiger partial charge >= 0.3 is 0 Å². The average molecular weight is 364 g/mol. The van der Waals surface area contributed by atoms with Gasteiger partial charge in [-0.05, 0) is 30.9 Å². The number of benzene rings is 1. The molecule has 4 rings (SSSR count). The normalized spacial score (nSPS) is 15.0. The largest absolute Gasteiger partial charge is 0.451 e. The molecule has 1 aromatic carbocycles.